The van der Waals surface area contributed by atoms with Gasteiger partial charge in [-0.2, -0.15) is 5.10 Å². The third-order valence-electron chi connectivity index (χ3n) is 5.67. The average Bonchev–Trinajstić information content (AvgIpc) is 2.88. The van der Waals surface area contributed by atoms with E-state index in [1.54, 1.807) is 6.20 Å². The second-order valence-corrected chi connectivity index (χ2v) is 6.81. The van der Waals surface area contributed by atoms with Crippen molar-refractivity contribution in [3.8, 4) is 0 Å². The maximum absolute atomic E-state index is 10.7. The van der Waals surface area contributed by atoms with Crippen LogP contribution in [0.5, 0.6) is 0 Å². The molecule has 2 heterocycles. The average molecular weight is 313 g/mol. The summed E-state index contributed by atoms with van der Waals surface area (Å²) in [5.41, 5.74) is 1.06. The van der Waals surface area contributed by atoms with Crippen molar-refractivity contribution in [3.05, 3.63) is 54.4 Å². The number of aromatic nitrogens is 2. The number of aliphatic hydroxyl groups excluding tert-OH is 2. The standard InChI is InChI=1S/C18H23N3O2/c22-12-15-17(14-5-2-1-3-6-14)18(15)13-20(11-16(18)23)9-10-21-8-4-7-19-21/h1-8,15-17,22-23H,9-13H2/t15-,16-,17-,18-/m1/s1. The molecule has 0 unspecified atom stereocenters. The van der Waals surface area contributed by atoms with Crippen LogP contribution in [0.3, 0.4) is 0 Å². The van der Waals surface area contributed by atoms with Crippen LogP contribution in [0, 0.1) is 11.3 Å². The normalized spacial score (nSPS) is 33.4. The van der Waals surface area contributed by atoms with Gasteiger partial charge in [-0.25, -0.2) is 0 Å². The zero-order valence-corrected chi connectivity index (χ0v) is 13.1. The Bertz CT molecular complexity index is 646. The minimum Gasteiger partial charge on any atom is -0.396 e. The molecule has 122 valence electrons. The lowest BCUT2D eigenvalue weighted by molar-refractivity contribution is 0.111. The fraction of sp³-hybridized carbons (Fsp3) is 0.500. The van der Waals surface area contributed by atoms with Crippen LogP contribution in [0.15, 0.2) is 48.8 Å². The Morgan fingerprint density at radius 1 is 1.17 bits per heavy atom. The second kappa shape index (κ2) is 5.74. The highest BCUT2D eigenvalue weighted by molar-refractivity contribution is 5.36. The SMILES string of the molecule is OC[C@@H]1[C@@H](c2ccccc2)[C@]12CN(CCn1cccn1)C[C@H]2O. The lowest BCUT2D eigenvalue weighted by Gasteiger charge is -2.16. The van der Waals surface area contributed by atoms with Crippen molar-refractivity contribution in [2.75, 3.05) is 26.2 Å². The predicted octanol–water partition coefficient (Wildman–Crippen LogP) is 0.952. The maximum atomic E-state index is 10.7. The van der Waals surface area contributed by atoms with Crippen molar-refractivity contribution in [2.24, 2.45) is 11.3 Å². The topological polar surface area (TPSA) is 61.5 Å². The van der Waals surface area contributed by atoms with E-state index in [9.17, 15) is 10.2 Å². The Morgan fingerprint density at radius 2 is 2.00 bits per heavy atom. The molecule has 2 N–H and O–H groups in total. The summed E-state index contributed by atoms with van der Waals surface area (Å²) in [6, 6.07) is 12.2. The molecule has 4 atom stereocenters. The quantitative estimate of drug-likeness (QED) is 0.863. The fourth-order valence-electron chi connectivity index (χ4n) is 4.51. The summed E-state index contributed by atoms with van der Waals surface area (Å²) in [5.74, 6) is 0.424. The van der Waals surface area contributed by atoms with E-state index < -0.39 is 0 Å². The first-order valence-electron chi connectivity index (χ1n) is 8.29. The van der Waals surface area contributed by atoms with Crippen LogP contribution in [0.2, 0.25) is 0 Å². The Labute approximate surface area is 136 Å². The van der Waals surface area contributed by atoms with Gasteiger partial charge in [0.25, 0.3) is 0 Å². The molecule has 2 aliphatic rings. The molecule has 1 spiro atoms. The first-order chi connectivity index (χ1) is 11.3. The highest BCUT2D eigenvalue weighted by Gasteiger charge is 2.70. The van der Waals surface area contributed by atoms with E-state index in [1.165, 1.54) is 5.56 Å². The number of aliphatic hydroxyl groups is 2. The molecule has 0 bridgehead atoms. The third-order valence-corrected chi connectivity index (χ3v) is 5.67. The Hall–Kier alpha value is -1.69. The minimum absolute atomic E-state index is 0.142. The lowest BCUT2D eigenvalue weighted by atomic mass is 9.95. The minimum atomic E-state index is -0.373. The molecule has 1 saturated heterocycles. The van der Waals surface area contributed by atoms with E-state index in [0.29, 0.717) is 6.54 Å². The van der Waals surface area contributed by atoms with Crippen molar-refractivity contribution in [1.29, 1.82) is 0 Å². The number of hydrogen-bond donors (Lipinski definition) is 2. The smallest absolute Gasteiger partial charge is 0.0745 e. The van der Waals surface area contributed by atoms with Gasteiger partial charge in [-0.1, -0.05) is 30.3 Å². The summed E-state index contributed by atoms with van der Waals surface area (Å²) < 4.78 is 1.92. The van der Waals surface area contributed by atoms with Crippen LogP contribution in [0.4, 0.5) is 0 Å². The van der Waals surface area contributed by atoms with Crippen LogP contribution >= 0.6 is 0 Å². The van der Waals surface area contributed by atoms with Gasteiger partial charge >= 0.3 is 0 Å². The Kier molecular flexibility index (Phi) is 3.71. The van der Waals surface area contributed by atoms with Gasteiger partial charge in [0.15, 0.2) is 0 Å². The first kappa shape index (κ1) is 14.9. The van der Waals surface area contributed by atoms with Crippen LogP contribution in [-0.4, -0.2) is 57.2 Å². The molecule has 2 fully saturated rings. The van der Waals surface area contributed by atoms with Gasteiger partial charge in [-0.05, 0) is 23.5 Å². The molecule has 1 aliphatic carbocycles. The van der Waals surface area contributed by atoms with Crippen molar-refractivity contribution >= 4 is 0 Å². The molecule has 1 saturated carbocycles. The van der Waals surface area contributed by atoms with E-state index in [0.717, 1.165) is 19.6 Å². The zero-order chi connectivity index (χ0) is 15.9. The van der Waals surface area contributed by atoms with Gasteiger partial charge in [-0.3, -0.25) is 9.58 Å². The number of likely N-dealkylation sites (tertiary alicyclic amines) is 1. The van der Waals surface area contributed by atoms with E-state index in [4.69, 9.17) is 0 Å². The van der Waals surface area contributed by atoms with Crippen LogP contribution in [0.25, 0.3) is 0 Å². The maximum Gasteiger partial charge on any atom is 0.0745 e. The van der Waals surface area contributed by atoms with Crippen molar-refractivity contribution < 1.29 is 10.2 Å². The highest BCUT2D eigenvalue weighted by Crippen LogP contribution is 2.68. The molecule has 0 radical (unpaired) electrons. The molecule has 1 aromatic carbocycles. The summed E-state index contributed by atoms with van der Waals surface area (Å²) in [6.45, 7) is 3.38. The van der Waals surface area contributed by atoms with Crippen LogP contribution in [0.1, 0.15) is 11.5 Å². The molecular formula is C18H23N3O2. The number of hydrogen-bond acceptors (Lipinski definition) is 4. The van der Waals surface area contributed by atoms with Gasteiger partial charge in [0.05, 0.1) is 12.6 Å². The second-order valence-electron chi connectivity index (χ2n) is 6.81. The number of rotatable bonds is 5. The number of β-amino-alcohol motifs (C(OH)–C–C–N with tert-alkyl or cyclic N) is 1. The summed E-state index contributed by atoms with van der Waals surface area (Å²) in [7, 11) is 0. The highest BCUT2D eigenvalue weighted by atomic mass is 16.3. The van der Waals surface area contributed by atoms with Gasteiger partial charge in [0.2, 0.25) is 0 Å². The van der Waals surface area contributed by atoms with E-state index in [2.05, 4.69) is 22.1 Å². The van der Waals surface area contributed by atoms with E-state index >= 15 is 0 Å². The van der Waals surface area contributed by atoms with Crippen molar-refractivity contribution in [2.45, 2.75) is 18.6 Å². The summed E-state index contributed by atoms with van der Waals surface area (Å²) in [5, 5.41) is 24.7. The molecule has 5 nitrogen and oxygen atoms in total. The number of benzene rings is 1. The molecule has 4 rings (SSSR count). The summed E-state index contributed by atoms with van der Waals surface area (Å²) in [6.07, 6.45) is 3.37. The van der Waals surface area contributed by atoms with E-state index in [1.807, 2.05) is 35.1 Å². The Morgan fingerprint density at radius 3 is 2.70 bits per heavy atom. The van der Waals surface area contributed by atoms with Gasteiger partial charge < -0.3 is 10.2 Å². The molecule has 23 heavy (non-hydrogen) atoms. The first-order valence-corrected chi connectivity index (χ1v) is 8.29. The van der Waals surface area contributed by atoms with Crippen molar-refractivity contribution in [1.82, 2.24) is 14.7 Å². The molecule has 2 aromatic rings. The van der Waals surface area contributed by atoms with Gasteiger partial charge in [0, 0.05) is 44.0 Å². The zero-order valence-electron chi connectivity index (χ0n) is 13.1. The van der Waals surface area contributed by atoms with Crippen LogP contribution in [-0.2, 0) is 6.54 Å². The largest absolute Gasteiger partial charge is 0.396 e. The fourth-order valence-corrected chi connectivity index (χ4v) is 4.51. The van der Waals surface area contributed by atoms with Crippen molar-refractivity contribution in [3.63, 3.8) is 0 Å². The summed E-state index contributed by atoms with van der Waals surface area (Å²) in [4.78, 5) is 2.30. The van der Waals surface area contributed by atoms with Gasteiger partial charge in [-0.15, -0.1) is 0 Å². The molecule has 1 aromatic heterocycles. The number of nitrogens with zero attached hydrogens (tertiary/aromatic N) is 3. The van der Waals surface area contributed by atoms with Crippen LogP contribution < -0.4 is 0 Å². The summed E-state index contributed by atoms with van der Waals surface area (Å²) >= 11 is 0. The predicted molar refractivity (Wildman–Crippen MR) is 86.9 cm³/mol. The van der Waals surface area contributed by atoms with Gasteiger partial charge in [0.1, 0.15) is 0 Å². The van der Waals surface area contributed by atoms with E-state index in [-0.39, 0.29) is 30.0 Å². The third kappa shape index (κ3) is 2.40. The molecule has 5 heteroatoms. The molecule has 0 amide bonds. The lowest BCUT2D eigenvalue weighted by Crippen LogP contribution is -2.26. The Balaban J connectivity index is 1.48. The molecular weight excluding hydrogens is 290 g/mol. The molecule has 1 aliphatic heterocycles. The monoisotopic (exact) mass is 313 g/mol.